The Kier molecular flexibility index (Phi) is 4.25. The molecule has 0 aromatic carbocycles. The van der Waals surface area contributed by atoms with E-state index in [0.717, 1.165) is 13.1 Å². The molecule has 0 aromatic rings. The molecular formula is C20H27N5O5. The number of nitrogens with one attached hydrogen (secondary N) is 1. The summed E-state index contributed by atoms with van der Waals surface area (Å²) in [7, 11) is 3.61. The van der Waals surface area contributed by atoms with E-state index >= 15 is 0 Å². The standard InChI is InChI=1S/C20H27N5O5/c1-10-14(24-6-4-23(2)5-7-24)17(27)13-11(9-30-19(21)28)20(29-3)18-12(22-18)8-25(20)15(13)16(10)26/h11-12,18,22H,4-9H2,1-3H3,(H2,21,28)/t11-,12+,18+,20-/m1/s1. The number of hydrogen-bond acceptors (Lipinski definition) is 9. The van der Waals surface area contributed by atoms with Gasteiger partial charge in [0.2, 0.25) is 11.6 Å². The third-order valence-corrected chi connectivity index (χ3v) is 7.22. The molecule has 1 aliphatic carbocycles. The maximum absolute atomic E-state index is 13.8. The molecule has 10 nitrogen and oxygen atoms in total. The van der Waals surface area contributed by atoms with Gasteiger partial charge in [-0.05, 0) is 14.0 Å². The predicted octanol–water partition coefficient (Wildman–Crippen LogP) is -1.36. The Bertz CT molecular complexity index is 905. The number of carbonyl (C=O) groups is 3. The van der Waals surface area contributed by atoms with Gasteiger partial charge in [0.1, 0.15) is 6.61 Å². The summed E-state index contributed by atoms with van der Waals surface area (Å²) >= 11 is 0. The lowest BCUT2D eigenvalue weighted by atomic mass is 9.82. The maximum Gasteiger partial charge on any atom is 0.404 e. The molecule has 5 aliphatic rings. The van der Waals surface area contributed by atoms with Gasteiger partial charge in [-0.1, -0.05) is 0 Å². The van der Waals surface area contributed by atoms with Crippen molar-refractivity contribution in [2.24, 2.45) is 11.7 Å². The summed E-state index contributed by atoms with van der Waals surface area (Å²) in [5.74, 6) is -0.919. The molecule has 3 N–H and O–H groups in total. The van der Waals surface area contributed by atoms with Gasteiger partial charge in [-0.15, -0.1) is 0 Å². The minimum Gasteiger partial charge on any atom is -0.449 e. The number of nitrogens with zero attached hydrogens (tertiary/aromatic N) is 3. The Labute approximate surface area is 174 Å². The molecule has 4 atom stereocenters. The SMILES string of the molecule is CO[C@@]12[C@H](COC(N)=O)C3=C(C(=O)C(C)=C(N4CCN(C)CC4)C3=O)N1C[C@@H]1N[C@@H]12. The van der Waals surface area contributed by atoms with E-state index < -0.39 is 17.7 Å². The van der Waals surface area contributed by atoms with Crippen molar-refractivity contribution in [1.29, 1.82) is 0 Å². The van der Waals surface area contributed by atoms with Crippen molar-refractivity contribution in [3.8, 4) is 0 Å². The quantitative estimate of drug-likeness (QED) is 0.421. The molecule has 3 saturated heterocycles. The van der Waals surface area contributed by atoms with Gasteiger partial charge in [0.25, 0.3) is 0 Å². The number of piperazine rings is 2. The van der Waals surface area contributed by atoms with Crippen LogP contribution in [0, 0.1) is 5.92 Å². The first kappa shape index (κ1) is 19.5. The highest BCUT2D eigenvalue weighted by molar-refractivity contribution is 6.25. The highest BCUT2D eigenvalue weighted by Crippen LogP contribution is 2.56. The lowest BCUT2D eigenvalue weighted by Gasteiger charge is -2.39. The van der Waals surface area contributed by atoms with Gasteiger partial charge in [0.15, 0.2) is 5.72 Å². The normalized spacial score (nSPS) is 35.6. The number of likely N-dealkylation sites (N-methyl/N-ethyl adjacent to an activating group) is 1. The molecule has 4 heterocycles. The number of fused-ring (bicyclic) bond motifs is 4. The van der Waals surface area contributed by atoms with Crippen molar-refractivity contribution in [2.75, 3.05) is 53.5 Å². The number of rotatable bonds is 4. The number of primary amides is 1. The van der Waals surface area contributed by atoms with Crippen LogP contribution >= 0.6 is 0 Å². The number of hydrogen-bond donors (Lipinski definition) is 2. The first-order valence-corrected chi connectivity index (χ1v) is 10.3. The van der Waals surface area contributed by atoms with E-state index in [0.29, 0.717) is 42.2 Å². The molecule has 5 rings (SSSR count). The Morgan fingerprint density at radius 3 is 2.53 bits per heavy atom. The number of methoxy groups -OCH3 is 1. The molecule has 162 valence electrons. The van der Waals surface area contributed by atoms with Crippen molar-refractivity contribution in [1.82, 2.24) is 20.0 Å². The summed E-state index contributed by atoms with van der Waals surface area (Å²) in [6, 6.07) is 0.142. The van der Waals surface area contributed by atoms with E-state index in [4.69, 9.17) is 15.2 Å². The summed E-state index contributed by atoms with van der Waals surface area (Å²) in [4.78, 5) is 44.8. The highest BCUT2D eigenvalue weighted by Gasteiger charge is 2.72. The number of allylic oxidation sites excluding steroid dienone is 2. The van der Waals surface area contributed by atoms with Gasteiger partial charge in [0.05, 0.1) is 23.4 Å². The number of nitrogens with two attached hydrogens (primary N) is 1. The van der Waals surface area contributed by atoms with Crippen LogP contribution < -0.4 is 11.1 Å². The van der Waals surface area contributed by atoms with Crippen LogP contribution in [-0.4, -0.2) is 104 Å². The van der Waals surface area contributed by atoms with Gasteiger partial charge in [-0.2, -0.15) is 0 Å². The molecule has 0 spiro atoms. The summed E-state index contributed by atoms with van der Waals surface area (Å²) in [5.41, 5.74) is 6.00. The summed E-state index contributed by atoms with van der Waals surface area (Å²) in [6.07, 6.45) is -0.916. The lowest BCUT2D eigenvalue weighted by molar-refractivity contribution is -0.137. The number of Topliss-reactive ketones (excluding diaryl/α,β-unsaturated/α-hetero) is 2. The summed E-state index contributed by atoms with van der Waals surface area (Å²) < 4.78 is 11.1. The van der Waals surface area contributed by atoms with Crippen molar-refractivity contribution < 1.29 is 23.9 Å². The minimum atomic E-state index is -0.937. The minimum absolute atomic E-state index is 0.0393. The van der Waals surface area contributed by atoms with E-state index in [2.05, 4.69) is 10.2 Å². The Morgan fingerprint density at radius 1 is 1.20 bits per heavy atom. The average Bonchev–Trinajstić information content (AvgIpc) is 3.32. The molecule has 0 aromatic heterocycles. The van der Waals surface area contributed by atoms with Crippen LogP contribution in [0.4, 0.5) is 4.79 Å². The summed E-state index contributed by atoms with van der Waals surface area (Å²) in [5, 5.41) is 3.36. The molecule has 3 fully saturated rings. The third kappa shape index (κ3) is 2.44. The third-order valence-electron chi connectivity index (χ3n) is 7.22. The Morgan fingerprint density at radius 2 is 1.90 bits per heavy atom. The monoisotopic (exact) mass is 417 g/mol. The zero-order chi connectivity index (χ0) is 21.4. The Balaban J connectivity index is 1.57. The molecule has 0 bridgehead atoms. The van der Waals surface area contributed by atoms with Crippen LogP contribution in [0.3, 0.4) is 0 Å². The van der Waals surface area contributed by atoms with Crippen LogP contribution in [0.2, 0.25) is 0 Å². The zero-order valence-electron chi connectivity index (χ0n) is 17.4. The molecular weight excluding hydrogens is 390 g/mol. The molecule has 0 unspecified atom stereocenters. The van der Waals surface area contributed by atoms with E-state index in [9.17, 15) is 14.4 Å². The highest BCUT2D eigenvalue weighted by atomic mass is 16.6. The fourth-order valence-electron chi connectivity index (χ4n) is 5.69. The van der Waals surface area contributed by atoms with Gasteiger partial charge in [-0.3, -0.25) is 9.59 Å². The van der Waals surface area contributed by atoms with E-state index in [1.807, 2.05) is 16.8 Å². The fourth-order valence-corrected chi connectivity index (χ4v) is 5.69. The van der Waals surface area contributed by atoms with Gasteiger partial charge in [-0.25, -0.2) is 4.79 Å². The topological polar surface area (TPSA) is 127 Å². The number of carbonyl (C=O) groups excluding carboxylic acids is 3. The van der Waals surface area contributed by atoms with Crippen LogP contribution in [0.25, 0.3) is 0 Å². The molecule has 0 saturated carbocycles. The average molecular weight is 417 g/mol. The molecule has 4 aliphatic heterocycles. The number of ether oxygens (including phenoxy) is 2. The smallest absolute Gasteiger partial charge is 0.404 e. The van der Waals surface area contributed by atoms with Crippen LogP contribution in [0.15, 0.2) is 22.5 Å². The second kappa shape index (κ2) is 6.53. The molecule has 10 heteroatoms. The second-order valence-corrected chi connectivity index (χ2v) is 8.68. The first-order chi connectivity index (χ1) is 14.3. The van der Waals surface area contributed by atoms with Gasteiger partial charge in [0, 0.05) is 57.0 Å². The van der Waals surface area contributed by atoms with Crippen molar-refractivity contribution in [3.05, 3.63) is 22.5 Å². The number of amides is 1. The first-order valence-electron chi connectivity index (χ1n) is 10.3. The van der Waals surface area contributed by atoms with E-state index in [-0.39, 0.29) is 30.3 Å². The van der Waals surface area contributed by atoms with Crippen LogP contribution in [-0.2, 0) is 19.1 Å². The fraction of sp³-hybridized carbons (Fsp3) is 0.650. The zero-order valence-corrected chi connectivity index (χ0v) is 17.4. The number of ketones is 2. The predicted molar refractivity (Wildman–Crippen MR) is 105 cm³/mol. The van der Waals surface area contributed by atoms with Crippen LogP contribution in [0.5, 0.6) is 0 Å². The van der Waals surface area contributed by atoms with E-state index in [1.165, 1.54) is 0 Å². The van der Waals surface area contributed by atoms with Crippen LogP contribution in [0.1, 0.15) is 6.92 Å². The van der Waals surface area contributed by atoms with Crippen molar-refractivity contribution >= 4 is 17.7 Å². The van der Waals surface area contributed by atoms with E-state index in [1.54, 1.807) is 14.0 Å². The largest absolute Gasteiger partial charge is 0.449 e. The Hall–Kier alpha value is -2.43. The second-order valence-electron chi connectivity index (χ2n) is 8.68. The van der Waals surface area contributed by atoms with Gasteiger partial charge < -0.3 is 35.2 Å². The molecule has 0 radical (unpaired) electrons. The maximum atomic E-state index is 13.8. The summed E-state index contributed by atoms with van der Waals surface area (Å²) in [6.45, 7) is 5.18. The molecule has 30 heavy (non-hydrogen) atoms. The van der Waals surface area contributed by atoms with Gasteiger partial charge >= 0.3 is 6.09 Å². The lowest BCUT2D eigenvalue weighted by Crippen LogP contribution is -2.55. The van der Waals surface area contributed by atoms with Crippen molar-refractivity contribution in [2.45, 2.75) is 24.7 Å². The van der Waals surface area contributed by atoms with Crippen molar-refractivity contribution in [3.63, 3.8) is 0 Å². The molecule has 1 amide bonds.